The largest absolute Gasteiger partial charge is 0.396 e. The van der Waals surface area contributed by atoms with E-state index in [0.29, 0.717) is 17.1 Å². The van der Waals surface area contributed by atoms with E-state index < -0.39 is 0 Å². The summed E-state index contributed by atoms with van der Waals surface area (Å²) in [6, 6.07) is 11.4. The van der Waals surface area contributed by atoms with Gasteiger partial charge in [-0.15, -0.1) is 0 Å². The van der Waals surface area contributed by atoms with Gasteiger partial charge in [0.15, 0.2) is 0 Å². The van der Waals surface area contributed by atoms with E-state index in [1.165, 1.54) is 5.56 Å². The summed E-state index contributed by atoms with van der Waals surface area (Å²) in [6.07, 6.45) is 6.04. The maximum Gasteiger partial charge on any atom is 0.147 e. The van der Waals surface area contributed by atoms with Crippen molar-refractivity contribution in [3.05, 3.63) is 57.7 Å². The fraction of sp³-hybridized carbons (Fsp3) is 0.571. The van der Waals surface area contributed by atoms with Crippen molar-refractivity contribution < 1.29 is 5.11 Å². The lowest BCUT2D eigenvalue weighted by Gasteiger charge is -2.48. The summed E-state index contributed by atoms with van der Waals surface area (Å²) in [7, 11) is 0. The first kappa shape index (κ1) is 26.7. The molecule has 2 aromatic rings. The lowest BCUT2D eigenvalue weighted by atomic mass is 9.94. The van der Waals surface area contributed by atoms with Crippen molar-refractivity contribution in [3.63, 3.8) is 0 Å². The zero-order chi connectivity index (χ0) is 25.8. The maximum atomic E-state index is 9.73. The van der Waals surface area contributed by atoms with Gasteiger partial charge in [0, 0.05) is 80.8 Å². The lowest BCUT2D eigenvalue weighted by molar-refractivity contribution is 0.0437. The van der Waals surface area contributed by atoms with Crippen LogP contribution in [-0.4, -0.2) is 90.2 Å². The zero-order valence-electron chi connectivity index (χ0n) is 21.6. The number of pyridine rings is 1. The minimum Gasteiger partial charge on any atom is -0.396 e. The summed E-state index contributed by atoms with van der Waals surface area (Å²) in [5.41, 5.74) is 2.20. The Kier molecular flexibility index (Phi) is 8.88. The number of amidine groups is 1. The van der Waals surface area contributed by atoms with Gasteiger partial charge in [-0.25, -0.2) is 4.98 Å². The molecule has 3 aliphatic rings. The Labute approximate surface area is 230 Å². The number of nitrogens with zero attached hydrogens (tertiary/aromatic N) is 5. The molecule has 200 valence electrons. The molecule has 0 spiro atoms. The number of aliphatic hydroxyl groups excluding tert-OH is 1. The fourth-order valence-corrected chi connectivity index (χ4v) is 6.60. The summed E-state index contributed by atoms with van der Waals surface area (Å²) in [5, 5.41) is 14.5. The Morgan fingerprint density at radius 3 is 2.54 bits per heavy atom. The molecule has 0 bridgehead atoms. The molecule has 37 heavy (non-hydrogen) atoms. The van der Waals surface area contributed by atoms with Crippen LogP contribution < -0.4 is 10.2 Å². The first-order valence-corrected chi connectivity index (χ1v) is 14.4. The molecule has 5 rings (SSSR count). The molecule has 1 aromatic heterocycles. The highest BCUT2D eigenvalue weighted by Crippen LogP contribution is 2.33. The number of hydrogen-bond acceptors (Lipinski definition) is 7. The summed E-state index contributed by atoms with van der Waals surface area (Å²) in [5.74, 6) is 1.77. The molecule has 2 N–H and O–H groups in total. The number of anilines is 1. The van der Waals surface area contributed by atoms with Crippen molar-refractivity contribution >= 4 is 34.9 Å². The van der Waals surface area contributed by atoms with E-state index in [1.54, 1.807) is 0 Å². The first-order chi connectivity index (χ1) is 18.1. The molecule has 1 unspecified atom stereocenters. The summed E-state index contributed by atoms with van der Waals surface area (Å²) in [4.78, 5) is 16.9. The third kappa shape index (κ3) is 6.07. The highest BCUT2D eigenvalue weighted by atomic mass is 35.5. The maximum absolute atomic E-state index is 9.73. The molecular weight excluding hydrogens is 507 g/mol. The van der Waals surface area contributed by atoms with Gasteiger partial charge >= 0.3 is 0 Å². The van der Waals surface area contributed by atoms with Gasteiger partial charge in [0.1, 0.15) is 11.7 Å². The number of halogens is 2. The number of aliphatic imine (C=N–C) groups is 1. The Balaban J connectivity index is 1.20. The second-order valence-electron chi connectivity index (χ2n) is 10.3. The standard InChI is InChI=1S/C28H38Cl2N6O/c1-2-23-19-35(28-25(30)17-21(18-33-28)27-31-10-11-32-27)14-15-36(23)24-7-12-34(13-8-24)26(9-16-37)20-3-5-22(29)6-4-20/h3-6,17-18,23-24,26,37H,2,7-16,19H2,1H3,(H,31,32)/t23-,26?/m0/s1. The zero-order valence-corrected chi connectivity index (χ0v) is 23.1. The molecule has 0 amide bonds. The highest BCUT2D eigenvalue weighted by Gasteiger charge is 2.35. The number of nitrogens with one attached hydrogen (secondary N) is 1. The van der Waals surface area contributed by atoms with Gasteiger partial charge in [-0.2, -0.15) is 0 Å². The normalized spacial score (nSPS) is 22.6. The van der Waals surface area contributed by atoms with Gasteiger partial charge in [-0.1, -0.05) is 42.3 Å². The molecular formula is C28H38Cl2N6O. The minimum absolute atomic E-state index is 0.190. The monoisotopic (exact) mass is 544 g/mol. The Morgan fingerprint density at radius 2 is 1.89 bits per heavy atom. The average molecular weight is 546 g/mol. The predicted molar refractivity (Wildman–Crippen MR) is 152 cm³/mol. The van der Waals surface area contributed by atoms with Crippen molar-refractivity contribution in [2.24, 2.45) is 4.99 Å². The van der Waals surface area contributed by atoms with Crippen LogP contribution in [0.5, 0.6) is 0 Å². The molecule has 2 atom stereocenters. The fourth-order valence-electron chi connectivity index (χ4n) is 6.19. The summed E-state index contributed by atoms with van der Waals surface area (Å²) >= 11 is 12.8. The van der Waals surface area contributed by atoms with Gasteiger partial charge < -0.3 is 15.3 Å². The topological polar surface area (TPSA) is 67.2 Å². The van der Waals surface area contributed by atoms with E-state index in [9.17, 15) is 5.11 Å². The molecule has 1 aromatic carbocycles. The number of piperidine rings is 1. The number of likely N-dealkylation sites (tertiary alicyclic amines) is 1. The molecule has 3 aliphatic heterocycles. The lowest BCUT2D eigenvalue weighted by Crippen LogP contribution is -2.58. The van der Waals surface area contributed by atoms with E-state index in [2.05, 4.69) is 44.1 Å². The van der Waals surface area contributed by atoms with Gasteiger partial charge in [0.25, 0.3) is 0 Å². The molecule has 9 heteroatoms. The molecule has 7 nitrogen and oxygen atoms in total. The second kappa shape index (κ2) is 12.3. The molecule has 0 aliphatic carbocycles. The SMILES string of the molecule is CC[C@H]1CN(c2ncc(C3=NCCN3)cc2Cl)CCN1C1CCN(C(CCO)c2ccc(Cl)cc2)CC1. The molecule has 0 saturated carbocycles. The molecule has 0 radical (unpaired) electrons. The van der Waals surface area contributed by atoms with Crippen molar-refractivity contribution in [1.82, 2.24) is 20.1 Å². The molecule has 2 saturated heterocycles. The molecule has 2 fully saturated rings. The quantitative estimate of drug-likeness (QED) is 0.518. The smallest absolute Gasteiger partial charge is 0.147 e. The minimum atomic E-state index is 0.190. The number of aromatic nitrogens is 1. The van der Waals surface area contributed by atoms with Crippen LogP contribution in [0.3, 0.4) is 0 Å². The predicted octanol–water partition coefficient (Wildman–Crippen LogP) is 4.23. The van der Waals surface area contributed by atoms with Crippen LogP contribution >= 0.6 is 23.2 Å². The van der Waals surface area contributed by atoms with Crippen LogP contribution in [0.2, 0.25) is 10.0 Å². The van der Waals surface area contributed by atoms with E-state index in [-0.39, 0.29) is 12.6 Å². The summed E-state index contributed by atoms with van der Waals surface area (Å²) < 4.78 is 0. The van der Waals surface area contributed by atoms with Crippen LogP contribution in [0.15, 0.2) is 41.5 Å². The van der Waals surface area contributed by atoms with Gasteiger partial charge in [-0.3, -0.25) is 14.8 Å². The van der Waals surface area contributed by atoms with Crippen molar-refractivity contribution in [3.8, 4) is 0 Å². The van der Waals surface area contributed by atoms with Crippen molar-refractivity contribution in [1.29, 1.82) is 0 Å². The third-order valence-electron chi connectivity index (χ3n) is 8.13. The number of piperazine rings is 1. The number of rotatable bonds is 8. The third-order valence-corrected chi connectivity index (χ3v) is 8.66. The van der Waals surface area contributed by atoms with Gasteiger partial charge in [0.2, 0.25) is 0 Å². The molecule has 4 heterocycles. The Bertz CT molecular complexity index is 1070. The van der Waals surface area contributed by atoms with Crippen LogP contribution in [0.1, 0.15) is 49.8 Å². The average Bonchev–Trinajstić information content (AvgIpc) is 3.47. The van der Waals surface area contributed by atoms with Crippen LogP contribution in [0, 0.1) is 0 Å². The van der Waals surface area contributed by atoms with Crippen molar-refractivity contribution in [2.45, 2.75) is 50.7 Å². The van der Waals surface area contributed by atoms with E-state index in [0.717, 1.165) is 93.7 Å². The van der Waals surface area contributed by atoms with Crippen molar-refractivity contribution in [2.75, 3.05) is 57.3 Å². The van der Waals surface area contributed by atoms with Gasteiger partial charge in [0.05, 0.1) is 11.6 Å². The first-order valence-electron chi connectivity index (χ1n) is 13.6. The van der Waals surface area contributed by atoms with E-state index >= 15 is 0 Å². The van der Waals surface area contributed by atoms with E-state index in [4.69, 9.17) is 28.2 Å². The van der Waals surface area contributed by atoms with Crippen LogP contribution in [0.4, 0.5) is 5.82 Å². The van der Waals surface area contributed by atoms with Gasteiger partial charge in [-0.05, 0) is 49.4 Å². The number of benzene rings is 1. The second-order valence-corrected chi connectivity index (χ2v) is 11.1. The highest BCUT2D eigenvalue weighted by molar-refractivity contribution is 6.33. The Morgan fingerprint density at radius 1 is 1.11 bits per heavy atom. The van der Waals surface area contributed by atoms with E-state index in [1.807, 2.05) is 24.4 Å². The number of hydrogen-bond donors (Lipinski definition) is 2. The Hall–Kier alpha value is -1.90. The number of aliphatic hydroxyl groups is 1. The summed E-state index contributed by atoms with van der Waals surface area (Å²) in [6.45, 7) is 9.14. The van der Waals surface area contributed by atoms with Crippen LogP contribution in [-0.2, 0) is 0 Å². The van der Waals surface area contributed by atoms with Crippen LogP contribution in [0.25, 0.3) is 0 Å².